The van der Waals surface area contributed by atoms with Gasteiger partial charge in [-0.15, -0.1) is 0 Å². The molecule has 5 N–H and O–H groups in total. The topological polar surface area (TPSA) is 153 Å². The third-order valence-electron chi connectivity index (χ3n) is 5.47. The van der Waals surface area contributed by atoms with E-state index in [-0.39, 0.29) is 25.2 Å². The molecule has 3 atom stereocenters. The molecular weight excluding hydrogens is 462 g/mol. The van der Waals surface area contributed by atoms with Gasteiger partial charge >= 0.3 is 5.97 Å². The predicted octanol–water partition coefficient (Wildman–Crippen LogP) is 0.997. The number of nitrogens with zero attached hydrogens (tertiary/aromatic N) is 1. The Morgan fingerprint density at radius 2 is 1.28 bits per heavy atom. The van der Waals surface area contributed by atoms with Crippen LogP contribution in [0.5, 0.6) is 0 Å². The largest absolute Gasteiger partial charge is 0.480 e. The normalized spacial score (nSPS) is 13.1. The number of carboxylic acid groups (broad SMARTS) is 1. The maximum Gasteiger partial charge on any atom is 0.326 e. The van der Waals surface area contributed by atoms with Crippen molar-refractivity contribution in [1.82, 2.24) is 25.9 Å². The Kier molecular flexibility index (Phi) is 9.33. The summed E-state index contributed by atoms with van der Waals surface area (Å²) < 4.78 is 0. The molecule has 1 heterocycles. The molecule has 0 fully saturated rings. The summed E-state index contributed by atoms with van der Waals surface area (Å²) in [5.74, 6) is -2.82. The zero-order chi connectivity index (χ0) is 25.9. The Hall–Kier alpha value is -4.47. The molecule has 36 heavy (non-hydrogen) atoms. The summed E-state index contributed by atoms with van der Waals surface area (Å²) >= 11 is 0. The quantitative estimate of drug-likeness (QED) is 0.255. The molecule has 10 heteroatoms. The van der Waals surface area contributed by atoms with Crippen LogP contribution in [0.4, 0.5) is 0 Å². The van der Waals surface area contributed by atoms with Gasteiger partial charge in [-0.2, -0.15) is 0 Å². The molecule has 10 nitrogen and oxygen atoms in total. The van der Waals surface area contributed by atoms with Crippen LogP contribution in [-0.2, 0) is 38.4 Å². The molecule has 0 bridgehead atoms. The Balaban J connectivity index is 1.79. The highest BCUT2D eigenvalue weighted by molar-refractivity contribution is 5.93. The van der Waals surface area contributed by atoms with Crippen LogP contribution in [0.25, 0.3) is 0 Å². The summed E-state index contributed by atoms with van der Waals surface area (Å²) in [5, 5.41) is 17.5. The molecule has 0 aliphatic carbocycles. The predicted molar refractivity (Wildman–Crippen MR) is 132 cm³/mol. The number of carbonyl (C=O) groups is 4. The van der Waals surface area contributed by atoms with Crippen LogP contribution in [0.1, 0.15) is 23.7 Å². The average Bonchev–Trinajstić information content (AvgIpc) is 3.37. The second kappa shape index (κ2) is 12.8. The number of rotatable bonds is 12. The van der Waals surface area contributed by atoms with Crippen molar-refractivity contribution in [2.45, 2.75) is 44.3 Å². The van der Waals surface area contributed by atoms with Crippen molar-refractivity contribution in [3.63, 3.8) is 0 Å². The Morgan fingerprint density at radius 1 is 0.778 bits per heavy atom. The summed E-state index contributed by atoms with van der Waals surface area (Å²) in [6.45, 7) is 1.31. The summed E-state index contributed by atoms with van der Waals surface area (Å²) in [6.07, 6.45) is 3.30. The Bertz CT molecular complexity index is 1150. The van der Waals surface area contributed by atoms with Gasteiger partial charge in [0, 0.05) is 32.4 Å². The lowest BCUT2D eigenvalue weighted by Crippen LogP contribution is -2.57. The first kappa shape index (κ1) is 26.1. The van der Waals surface area contributed by atoms with E-state index in [0.29, 0.717) is 5.69 Å². The fourth-order valence-corrected chi connectivity index (χ4v) is 3.72. The third kappa shape index (κ3) is 8.08. The number of hydrogen-bond acceptors (Lipinski definition) is 5. The van der Waals surface area contributed by atoms with Crippen molar-refractivity contribution in [2.75, 3.05) is 0 Å². The van der Waals surface area contributed by atoms with Crippen LogP contribution in [0.3, 0.4) is 0 Å². The standard InChI is InChI=1S/C26H29N5O5/c1-17(32)29-21(12-18-8-4-2-5-9-18)24(33)30-22(13-19-10-6-3-7-11-19)25(34)31-23(26(35)36)14-20-15-27-16-28-20/h2-11,15-16,21-23H,12-14H2,1H3,(H,27,28)(H,29,32)(H,30,33)(H,31,34)(H,35,36). The lowest BCUT2D eigenvalue weighted by atomic mass is 10.0. The fourth-order valence-electron chi connectivity index (χ4n) is 3.72. The zero-order valence-electron chi connectivity index (χ0n) is 19.8. The van der Waals surface area contributed by atoms with Crippen molar-refractivity contribution >= 4 is 23.7 Å². The van der Waals surface area contributed by atoms with Gasteiger partial charge in [-0.3, -0.25) is 14.4 Å². The molecule has 3 amide bonds. The lowest BCUT2D eigenvalue weighted by Gasteiger charge is -2.24. The van der Waals surface area contributed by atoms with E-state index in [9.17, 15) is 24.3 Å². The molecule has 1 aromatic heterocycles. The molecule has 3 aromatic rings. The minimum Gasteiger partial charge on any atom is -0.480 e. The number of hydrogen-bond donors (Lipinski definition) is 5. The SMILES string of the molecule is CC(=O)NC(Cc1ccccc1)C(=O)NC(Cc1ccccc1)C(=O)NC(Cc1c[nH]cn1)C(=O)O. The van der Waals surface area contributed by atoms with Crippen LogP contribution in [-0.4, -0.2) is 56.9 Å². The van der Waals surface area contributed by atoms with Crippen molar-refractivity contribution in [3.8, 4) is 0 Å². The van der Waals surface area contributed by atoms with E-state index in [2.05, 4.69) is 25.9 Å². The number of aliphatic carboxylic acids is 1. The molecule has 0 aliphatic rings. The van der Waals surface area contributed by atoms with Gasteiger partial charge in [-0.25, -0.2) is 9.78 Å². The summed E-state index contributed by atoms with van der Waals surface area (Å²) in [6, 6.07) is 15.0. The molecule has 0 radical (unpaired) electrons. The first-order chi connectivity index (χ1) is 17.3. The fraction of sp³-hybridized carbons (Fsp3) is 0.269. The second-order valence-electron chi connectivity index (χ2n) is 8.36. The highest BCUT2D eigenvalue weighted by Crippen LogP contribution is 2.08. The van der Waals surface area contributed by atoms with Crippen molar-refractivity contribution in [1.29, 1.82) is 0 Å². The van der Waals surface area contributed by atoms with E-state index >= 15 is 0 Å². The van der Waals surface area contributed by atoms with Crippen LogP contribution < -0.4 is 16.0 Å². The van der Waals surface area contributed by atoms with Crippen molar-refractivity contribution in [2.24, 2.45) is 0 Å². The molecule has 0 saturated carbocycles. The van der Waals surface area contributed by atoms with Gasteiger partial charge in [0.1, 0.15) is 18.1 Å². The maximum atomic E-state index is 13.2. The maximum absolute atomic E-state index is 13.2. The van der Waals surface area contributed by atoms with Gasteiger partial charge in [0.05, 0.1) is 12.0 Å². The van der Waals surface area contributed by atoms with Gasteiger partial charge in [0.25, 0.3) is 0 Å². The molecule has 3 unspecified atom stereocenters. The van der Waals surface area contributed by atoms with Crippen LogP contribution in [0, 0.1) is 0 Å². The highest BCUT2D eigenvalue weighted by Gasteiger charge is 2.30. The van der Waals surface area contributed by atoms with E-state index in [0.717, 1.165) is 11.1 Å². The summed E-state index contributed by atoms with van der Waals surface area (Å²) in [7, 11) is 0. The van der Waals surface area contributed by atoms with Gasteiger partial charge in [-0.1, -0.05) is 60.7 Å². The number of carboxylic acids is 1. The molecule has 0 aliphatic heterocycles. The van der Waals surface area contributed by atoms with Gasteiger partial charge in [0.2, 0.25) is 17.7 Å². The monoisotopic (exact) mass is 491 g/mol. The van der Waals surface area contributed by atoms with E-state index < -0.39 is 35.9 Å². The number of imidazole rings is 1. The zero-order valence-corrected chi connectivity index (χ0v) is 19.8. The van der Waals surface area contributed by atoms with Crippen molar-refractivity contribution < 1.29 is 24.3 Å². The van der Waals surface area contributed by atoms with Gasteiger partial charge in [-0.05, 0) is 11.1 Å². The Labute approximate surface area is 208 Å². The van der Waals surface area contributed by atoms with Crippen LogP contribution >= 0.6 is 0 Å². The minimum atomic E-state index is -1.24. The van der Waals surface area contributed by atoms with Crippen molar-refractivity contribution in [3.05, 3.63) is 90.0 Å². The number of H-pyrrole nitrogens is 1. The van der Waals surface area contributed by atoms with Crippen LogP contribution in [0.2, 0.25) is 0 Å². The first-order valence-corrected chi connectivity index (χ1v) is 11.5. The number of aromatic amines is 1. The van der Waals surface area contributed by atoms with Gasteiger partial charge < -0.3 is 26.0 Å². The van der Waals surface area contributed by atoms with Crippen LogP contribution in [0.15, 0.2) is 73.2 Å². The number of nitrogens with one attached hydrogen (secondary N) is 4. The van der Waals surface area contributed by atoms with E-state index in [4.69, 9.17) is 0 Å². The number of amides is 3. The molecule has 0 spiro atoms. The Morgan fingerprint density at radius 3 is 1.72 bits per heavy atom. The van der Waals surface area contributed by atoms with E-state index in [1.54, 1.807) is 30.5 Å². The number of carbonyl (C=O) groups excluding carboxylic acids is 3. The molecule has 0 saturated heterocycles. The minimum absolute atomic E-state index is 0.0287. The average molecular weight is 492 g/mol. The second-order valence-corrected chi connectivity index (χ2v) is 8.36. The molecule has 188 valence electrons. The molecular formula is C26H29N5O5. The van der Waals surface area contributed by atoms with Gasteiger partial charge in [0.15, 0.2) is 0 Å². The third-order valence-corrected chi connectivity index (χ3v) is 5.47. The molecule has 2 aromatic carbocycles. The smallest absolute Gasteiger partial charge is 0.326 e. The van der Waals surface area contributed by atoms with E-state index in [1.807, 2.05) is 36.4 Å². The summed E-state index contributed by atoms with van der Waals surface area (Å²) in [5.41, 5.74) is 2.08. The molecule has 3 rings (SSSR count). The highest BCUT2D eigenvalue weighted by atomic mass is 16.4. The lowest BCUT2D eigenvalue weighted by molar-refractivity contribution is -0.142. The van der Waals surface area contributed by atoms with E-state index in [1.165, 1.54) is 13.3 Å². The number of aromatic nitrogens is 2. The summed E-state index contributed by atoms with van der Waals surface area (Å²) in [4.78, 5) is 56.8. The first-order valence-electron chi connectivity index (χ1n) is 11.5. The number of benzene rings is 2.